The summed E-state index contributed by atoms with van der Waals surface area (Å²) in [5.41, 5.74) is 3.69. The Balaban J connectivity index is 1.91. The van der Waals surface area contributed by atoms with Crippen molar-refractivity contribution < 1.29 is 10.0 Å². The fourth-order valence-corrected chi connectivity index (χ4v) is 2.56. The molecule has 2 atom stereocenters. The van der Waals surface area contributed by atoms with Gasteiger partial charge < -0.3 is 10.0 Å². The molecular weight excluding hydrogens is 258 g/mol. The number of hydrogen-bond acceptors (Lipinski definition) is 1. The number of aliphatic hydroxyl groups excluding tert-OH is 1. The second kappa shape index (κ2) is 7.39. The van der Waals surface area contributed by atoms with Crippen LogP contribution in [0.2, 0.25) is 0 Å². The van der Waals surface area contributed by atoms with Crippen molar-refractivity contribution in [2.75, 3.05) is 13.6 Å². The van der Waals surface area contributed by atoms with E-state index in [0.717, 1.165) is 18.7 Å². The Morgan fingerprint density at radius 2 is 1.52 bits per heavy atom. The lowest BCUT2D eigenvalue weighted by molar-refractivity contribution is -0.897. The molecular formula is C19H26NO+. The number of likely N-dealkylation sites (N-methyl/N-ethyl adjacent to an activating group) is 1. The topological polar surface area (TPSA) is 24.7 Å². The predicted octanol–water partition coefficient (Wildman–Crippen LogP) is 2.56. The summed E-state index contributed by atoms with van der Waals surface area (Å²) >= 11 is 0. The van der Waals surface area contributed by atoms with Gasteiger partial charge in [0.1, 0.15) is 19.2 Å². The van der Waals surface area contributed by atoms with Crippen LogP contribution in [0.5, 0.6) is 0 Å². The van der Waals surface area contributed by atoms with E-state index in [1.807, 2.05) is 30.3 Å². The molecule has 0 spiro atoms. The zero-order valence-corrected chi connectivity index (χ0v) is 13.2. The number of benzene rings is 2. The van der Waals surface area contributed by atoms with E-state index in [1.54, 1.807) is 0 Å². The fourth-order valence-electron chi connectivity index (χ4n) is 2.56. The first-order valence-electron chi connectivity index (χ1n) is 7.69. The maximum Gasteiger partial charge on any atom is 0.128 e. The maximum absolute atomic E-state index is 10.3. The van der Waals surface area contributed by atoms with Crippen molar-refractivity contribution in [2.24, 2.45) is 0 Å². The van der Waals surface area contributed by atoms with Crippen LogP contribution >= 0.6 is 0 Å². The van der Waals surface area contributed by atoms with Crippen molar-refractivity contribution >= 4 is 0 Å². The average Bonchev–Trinajstić information content (AvgIpc) is 2.48. The van der Waals surface area contributed by atoms with Gasteiger partial charge in [0.2, 0.25) is 0 Å². The molecule has 21 heavy (non-hydrogen) atoms. The van der Waals surface area contributed by atoms with E-state index >= 15 is 0 Å². The van der Waals surface area contributed by atoms with E-state index in [2.05, 4.69) is 45.2 Å². The van der Waals surface area contributed by atoms with E-state index in [1.165, 1.54) is 16.0 Å². The highest BCUT2D eigenvalue weighted by Crippen LogP contribution is 2.14. The first kappa shape index (κ1) is 15.7. The molecule has 2 nitrogen and oxygen atoms in total. The summed E-state index contributed by atoms with van der Waals surface area (Å²) in [5.74, 6) is 0.573. The third kappa shape index (κ3) is 4.69. The van der Waals surface area contributed by atoms with Gasteiger partial charge in [-0.1, -0.05) is 68.4 Å². The Labute approximate surface area is 128 Å². The van der Waals surface area contributed by atoms with Crippen LogP contribution in [0, 0.1) is 0 Å². The highest BCUT2D eigenvalue weighted by molar-refractivity contribution is 5.24. The zero-order valence-electron chi connectivity index (χ0n) is 13.2. The SMILES string of the molecule is CC(C)c1ccc(C[NH+](C)C[C@@H](O)c2ccccc2)cc1. The normalized spacial score (nSPS) is 14.1. The molecule has 0 saturated carbocycles. The highest BCUT2D eigenvalue weighted by Gasteiger charge is 2.13. The van der Waals surface area contributed by atoms with Crippen LogP contribution in [0.3, 0.4) is 0 Å². The molecule has 0 aromatic heterocycles. The van der Waals surface area contributed by atoms with E-state index in [0.29, 0.717) is 5.92 Å². The van der Waals surface area contributed by atoms with Crippen molar-refractivity contribution in [3.8, 4) is 0 Å². The molecule has 0 fully saturated rings. The summed E-state index contributed by atoms with van der Waals surface area (Å²) in [6.45, 7) is 6.07. The number of rotatable bonds is 6. The Morgan fingerprint density at radius 1 is 0.905 bits per heavy atom. The molecule has 0 saturated heterocycles. The smallest absolute Gasteiger partial charge is 0.128 e. The fraction of sp³-hybridized carbons (Fsp3) is 0.368. The standard InChI is InChI=1S/C19H25NO/c1-15(2)17-11-9-16(10-12-17)13-20(3)14-19(21)18-7-5-4-6-8-18/h4-12,15,19,21H,13-14H2,1-3H3/p+1/t19-/m1/s1. The monoisotopic (exact) mass is 284 g/mol. The minimum atomic E-state index is -0.402. The van der Waals surface area contributed by atoms with Crippen LogP contribution in [0.4, 0.5) is 0 Å². The van der Waals surface area contributed by atoms with E-state index in [9.17, 15) is 5.11 Å². The molecule has 0 aliphatic heterocycles. The molecule has 2 heteroatoms. The first-order valence-corrected chi connectivity index (χ1v) is 7.69. The summed E-state index contributed by atoms with van der Waals surface area (Å²) < 4.78 is 0. The lowest BCUT2D eigenvalue weighted by Crippen LogP contribution is -3.08. The maximum atomic E-state index is 10.3. The molecule has 2 aromatic rings. The third-order valence-electron chi connectivity index (χ3n) is 3.88. The van der Waals surface area contributed by atoms with Crippen LogP contribution in [0.15, 0.2) is 54.6 Å². The Morgan fingerprint density at radius 3 is 2.10 bits per heavy atom. The Bertz CT molecular complexity index is 533. The van der Waals surface area contributed by atoms with Gasteiger partial charge in [-0.25, -0.2) is 0 Å². The van der Waals surface area contributed by atoms with Crippen LogP contribution in [-0.2, 0) is 6.54 Å². The quantitative estimate of drug-likeness (QED) is 0.837. The molecule has 2 rings (SSSR count). The number of aliphatic hydroxyl groups is 1. The Hall–Kier alpha value is -1.64. The molecule has 2 aromatic carbocycles. The predicted molar refractivity (Wildman–Crippen MR) is 87.4 cm³/mol. The summed E-state index contributed by atoms with van der Waals surface area (Å²) in [5, 5.41) is 10.3. The van der Waals surface area contributed by atoms with Gasteiger partial charge in [-0.05, 0) is 17.0 Å². The molecule has 1 unspecified atom stereocenters. The molecule has 2 N–H and O–H groups in total. The van der Waals surface area contributed by atoms with Crippen LogP contribution in [0.1, 0.15) is 42.6 Å². The molecule has 0 amide bonds. The summed E-state index contributed by atoms with van der Waals surface area (Å²) in [6, 6.07) is 18.7. The van der Waals surface area contributed by atoms with Gasteiger partial charge in [0.25, 0.3) is 0 Å². The molecule has 112 valence electrons. The van der Waals surface area contributed by atoms with Crippen molar-refractivity contribution in [2.45, 2.75) is 32.4 Å². The number of hydrogen-bond donors (Lipinski definition) is 2. The van der Waals surface area contributed by atoms with Gasteiger partial charge >= 0.3 is 0 Å². The average molecular weight is 284 g/mol. The van der Waals surface area contributed by atoms with Crippen molar-refractivity contribution in [1.29, 1.82) is 0 Å². The van der Waals surface area contributed by atoms with Crippen molar-refractivity contribution in [3.05, 3.63) is 71.3 Å². The van der Waals surface area contributed by atoms with E-state index < -0.39 is 6.10 Å². The summed E-state index contributed by atoms with van der Waals surface area (Å²) in [4.78, 5) is 1.31. The second-order valence-corrected chi connectivity index (χ2v) is 6.16. The van der Waals surface area contributed by atoms with Crippen LogP contribution in [0.25, 0.3) is 0 Å². The van der Waals surface area contributed by atoms with Gasteiger partial charge in [-0.15, -0.1) is 0 Å². The van der Waals surface area contributed by atoms with Crippen molar-refractivity contribution in [1.82, 2.24) is 0 Å². The largest absolute Gasteiger partial charge is 0.382 e. The molecule has 0 radical (unpaired) electrons. The van der Waals surface area contributed by atoms with Gasteiger partial charge in [-0.2, -0.15) is 0 Å². The van der Waals surface area contributed by atoms with Gasteiger partial charge in [0, 0.05) is 5.56 Å². The Kier molecular flexibility index (Phi) is 5.54. The molecule has 0 bridgehead atoms. The van der Waals surface area contributed by atoms with E-state index in [4.69, 9.17) is 0 Å². The first-order chi connectivity index (χ1) is 10.1. The van der Waals surface area contributed by atoms with Gasteiger partial charge in [-0.3, -0.25) is 0 Å². The molecule has 0 heterocycles. The zero-order chi connectivity index (χ0) is 15.2. The minimum absolute atomic E-state index is 0.402. The van der Waals surface area contributed by atoms with Crippen molar-refractivity contribution in [3.63, 3.8) is 0 Å². The second-order valence-electron chi connectivity index (χ2n) is 6.16. The van der Waals surface area contributed by atoms with Gasteiger partial charge in [0.05, 0.1) is 7.05 Å². The van der Waals surface area contributed by atoms with E-state index in [-0.39, 0.29) is 0 Å². The van der Waals surface area contributed by atoms with Crippen LogP contribution in [-0.4, -0.2) is 18.7 Å². The van der Waals surface area contributed by atoms with Crippen LogP contribution < -0.4 is 4.90 Å². The minimum Gasteiger partial charge on any atom is -0.382 e. The highest BCUT2D eigenvalue weighted by atomic mass is 16.3. The number of quaternary nitrogens is 1. The lowest BCUT2D eigenvalue weighted by Gasteiger charge is -2.18. The summed E-state index contributed by atoms with van der Waals surface area (Å²) in [6.07, 6.45) is -0.402. The molecule has 0 aliphatic rings. The number of nitrogens with one attached hydrogen (secondary N) is 1. The lowest BCUT2D eigenvalue weighted by atomic mass is 10.0. The van der Waals surface area contributed by atoms with Gasteiger partial charge in [0.15, 0.2) is 0 Å². The third-order valence-corrected chi connectivity index (χ3v) is 3.88. The summed E-state index contributed by atoms with van der Waals surface area (Å²) in [7, 11) is 2.13. The molecule has 0 aliphatic carbocycles.